The first kappa shape index (κ1) is 22.1. The zero-order chi connectivity index (χ0) is 23.9. The topological polar surface area (TPSA) is 132 Å². The molecule has 3 aromatic carbocycles. The molecule has 0 spiro atoms. The van der Waals surface area contributed by atoms with Crippen LogP contribution in [0.15, 0.2) is 65.6 Å². The van der Waals surface area contributed by atoms with Gasteiger partial charge < -0.3 is 11.2 Å². The highest BCUT2D eigenvalue weighted by Crippen LogP contribution is 2.31. The fourth-order valence-electron chi connectivity index (χ4n) is 4.40. The van der Waals surface area contributed by atoms with E-state index < -0.39 is 10.0 Å². The van der Waals surface area contributed by atoms with E-state index in [-0.39, 0.29) is 16.8 Å². The number of carbonyl (C=O) groups excluding carboxylic acids is 1. The van der Waals surface area contributed by atoms with E-state index in [1.165, 1.54) is 6.07 Å². The number of hydrogen-bond donors (Lipinski definition) is 3. The predicted molar refractivity (Wildman–Crippen MR) is 129 cm³/mol. The second kappa shape index (κ2) is 8.54. The minimum atomic E-state index is -3.84. The molecule has 5 rings (SSSR count). The molecule has 1 aromatic heterocycles. The van der Waals surface area contributed by atoms with E-state index in [0.717, 1.165) is 16.2 Å². The van der Waals surface area contributed by atoms with Gasteiger partial charge in [0.05, 0.1) is 16.3 Å². The molecule has 0 saturated carbocycles. The molecule has 174 valence electrons. The van der Waals surface area contributed by atoms with E-state index in [1.54, 1.807) is 30.3 Å². The molecule has 0 aliphatic heterocycles. The maximum absolute atomic E-state index is 13.4. The lowest BCUT2D eigenvalue weighted by molar-refractivity contribution is 0.102. The lowest BCUT2D eigenvalue weighted by Crippen LogP contribution is -2.39. The molecule has 1 amide bonds. The van der Waals surface area contributed by atoms with Gasteiger partial charge in [0.1, 0.15) is 0 Å². The van der Waals surface area contributed by atoms with Crippen LogP contribution in [0.4, 0.5) is 5.69 Å². The van der Waals surface area contributed by atoms with Gasteiger partial charge in [-0.1, -0.05) is 47.4 Å². The van der Waals surface area contributed by atoms with Gasteiger partial charge in [-0.3, -0.25) is 4.79 Å². The van der Waals surface area contributed by atoms with Crippen LogP contribution in [0.3, 0.4) is 0 Å². The molecule has 10 heteroatoms. The molecule has 0 saturated heterocycles. The first-order chi connectivity index (χ1) is 16.3. The number of nitrogens with two attached hydrogens (primary N) is 1. The third kappa shape index (κ3) is 4.13. The summed E-state index contributed by atoms with van der Waals surface area (Å²) in [6.07, 6.45) is 1.63. The molecule has 4 aromatic rings. The van der Waals surface area contributed by atoms with Crippen molar-refractivity contribution in [3.8, 4) is 0 Å². The Hall–Kier alpha value is -3.76. The molecule has 1 aliphatic rings. The molecule has 4 N–H and O–H groups in total. The van der Waals surface area contributed by atoms with Crippen LogP contribution in [-0.4, -0.2) is 35.5 Å². The van der Waals surface area contributed by atoms with Gasteiger partial charge in [-0.15, -0.1) is 10.2 Å². The van der Waals surface area contributed by atoms with Crippen LogP contribution in [0, 0.1) is 6.92 Å². The molecule has 0 radical (unpaired) electrons. The molecule has 0 bridgehead atoms. The van der Waals surface area contributed by atoms with Crippen molar-refractivity contribution in [1.82, 2.24) is 19.8 Å². The Labute approximate surface area is 197 Å². The number of nitrogen functional groups attached to an aromatic ring is 1. The Morgan fingerprint density at radius 1 is 1.00 bits per heavy atom. The number of nitrogens with one attached hydrogen (secondary N) is 2. The van der Waals surface area contributed by atoms with E-state index in [1.807, 2.05) is 31.2 Å². The van der Waals surface area contributed by atoms with E-state index in [9.17, 15) is 13.2 Å². The summed E-state index contributed by atoms with van der Waals surface area (Å²) >= 11 is 0. The number of nitrogens with zero attached hydrogens (tertiary/aromatic N) is 3. The Balaban J connectivity index is 1.44. The Bertz CT molecular complexity index is 1510. The van der Waals surface area contributed by atoms with Crippen LogP contribution < -0.4 is 15.9 Å². The van der Waals surface area contributed by atoms with Crippen molar-refractivity contribution in [2.75, 3.05) is 11.2 Å². The monoisotopic (exact) mass is 476 g/mol. The van der Waals surface area contributed by atoms with Gasteiger partial charge in [-0.05, 0) is 43.5 Å². The first-order valence-corrected chi connectivity index (χ1v) is 12.4. The summed E-state index contributed by atoms with van der Waals surface area (Å²) in [5, 5.41) is 12.4. The molecule has 1 atom stereocenters. The molecule has 1 aliphatic carbocycles. The standard InChI is InChI=1S/C24H24N6O3S/c1-15-6-2-3-7-17(15)24(31)26-20-12-13-23(19-9-5-4-8-18(19)20)34(32,33)29-16-10-11-21-22(14-16)28-30(25)27-21/h2-9,12-13,16,29H,10-11,14,25H2,1H3,(H,26,31). The summed E-state index contributed by atoms with van der Waals surface area (Å²) in [5.41, 5.74) is 3.48. The quantitative estimate of drug-likeness (QED) is 0.379. The third-order valence-corrected chi connectivity index (χ3v) is 7.66. The summed E-state index contributed by atoms with van der Waals surface area (Å²) in [6.45, 7) is 1.87. The van der Waals surface area contributed by atoms with Crippen molar-refractivity contribution in [1.29, 1.82) is 0 Å². The predicted octanol–water partition coefficient (Wildman–Crippen LogP) is 2.54. The van der Waals surface area contributed by atoms with Crippen LogP contribution in [-0.2, 0) is 22.9 Å². The average Bonchev–Trinajstić information content (AvgIpc) is 3.18. The number of carbonyl (C=O) groups is 1. The second-order valence-electron chi connectivity index (χ2n) is 8.40. The Morgan fingerprint density at radius 2 is 1.71 bits per heavy atom. The van der Waals surface area contributed by atoms with Gasteiger partial charge in [0.2, 0.25) is 10.0 Å². The molecule has 9 nitrogen and oxygen atoms in total. The van der Waals surface area contributed by atoms with Gasteiger partial charge in [0, 0.05) is 34.5 Å². The van der Waals surface area contributed by atoms with Crippen molar-refractivity contribution >= 4 is 32.4 Å². The van der Waals surface area contributed by atoms with Gasteiger partial charge in [0.25, 0.3) is 5.91 Å². The van der Waals surface area contributed by atoms with Gasteiger partial charge in [-0.25, -0.2) is 13.1 Å². The number of anilines is 1. The zero-order valence-electron chi connectivity index (χ0n) is 18.5. The van der Waals surface area contributed by atoms with Crippen molar-refractivity contribution in [2.24, 2.45) is 0 Å². The normalized spacial score (nSPS) is 15.7. The zero-order valence-corrected chi connectivity index (χ0v) is 19.3. The van der Waals surface area contributed by atoms with Gasteiger partial charge >= 0.3 is 0 Å². The van der Waals surface area contributed by atoms with Crippen LogP contribution in [0.25, 0.3) is 10.8 Å². The molecular weight excluding hydrogens is 452 g/mol. The largest absolute Gasteiger partial charge is 0.321 e. The number of sulfonamides is 1. The van der Waals surface area contributed by atoms with Crippen LogP contribution in [0.1, 0.15) is 33.7 Å². The van der Waals surface area contributed by atoms with Crippen molar-refractivity contribution in [3.05, 3.63) is 83.2 Å². The minimum Gasteiger partial charge on any atom is -0.321 e. The molecule has 0 fully saturated rings. The lowest BCUT2D eigenvalue weighted by Gasteiger charge is -2.22. The number of fused-ring (bicyclic) bond motifs is 2. The van der Waals surface area contributed by atoms with E-state index in [0.29, 0.717) is 47.0 Å². The van der Waals surface area contributed by atoms with E-state index >= 15 is 0 Å². The summed E-state index contributed by atoms with van der Waals surface area (Å²) in [6, 6.07) is 17.3. The molecule has 1 unspecified atom stereocenters. The summed E-state index contributed by atoms with van der Waals surface area (Å²) in [4.78, 5) is 14.0. The minimum absolute atomic E-state index is 0.158. The highest BCUT2D eigenvalue weighted by atomic mass is 32.2. The Kier molecular flexibility index (Phi) is 5.54. The highest BCUT2D eigenvalue weighted by Gasteiger charge is 2.28. The summed E-state index contributed by atoms with van der Waals surface area (Å²) < 4.78 is 29.5. The smallest absolute Gasteiger partial charge is 0.255 e. The molecule has 34 heavy (non-hydrogen) atoms. The number of aromatic nitrogens is 3. The van der Waals surface area contributed by atoms with Crippen LogP contribution in [0.2, 0.25) is 0 Å². The fourth-order valence-corrected chi connectivity index (χ4v) is 5.88. The van der Waals surface area contributed by atoms with Gasteiger partial charge in [0.15, 0.2) is 0 Å². The average molecular weight is 477 g/mol. The second-order valence-corrected chi connectivity index (χ2v) is 10.1. The van der Waals surface area contributed by atoms with E-state index in [4.69, 9.17) is 5.84 Å². The lowest BCUT2D eigenvalue weighted by atomic mass is 9.97. The number of aryl methyl sites for hydroxylation is 2. The van der Waals surface area contributed by atoms with Crippen LogP contribution in [0.5, 0.6) is 0 Å². The van der Waals surface area contributed by atoms with Gasteiger partial charge in [-0.2, -0.15) is 0 Å². The number of rotatable bonds is 5. The summed E-state index contributed by atoms with van der Waals surface area (Å²) in [5.74, 6) is 5.36. The first-order valence-electron chi connectivity index (χ1n) is 10.9. The third-order valence-electron chi connectivity index (χ3n) is 6.08. The van der Waals surface area contributed by atoms with Crippen LogP contribution >= 0.6 is 0 Å². The maximum atomic E-state index is 13.4. The van der Waals surface area contributed by atoms with E-state index in [2.05, 4.69) is 20.2 Å². The van der Waals surface area contributed by atoms with Crippen molar-refractivity contribution in [2.45, 2.75) is 37.1 Å². The number of amides is 1. The maximum Gasteiger partial charge on any atom is 0.255 e. The van der Waals surface area contributed by atoms with Crippen molar-refractivity contribution in [3.63, 3.8) is 0 Å². The fraction of sp³-hybridized carbons (Fsp3) is 0.208. The Morgan fingerprint density at radius 3 is 2.50 bits per heavy atom. The summed E-state index contributed by atoms with van der Waals surface area (Å²) in [7, 11) is -3.84. The molecular formula is C24H24N6O3S. The number of benzene rings is 3. The highest BCUT2D eigenvalue weighted by molar-refractivity contribution is 7.89. The van der Waals surface area contributed by atoms with Crippen molar-refractivity contribution < 1.29 is 13.2 Å². The SMILES string of the molecule is Cc1ccccc1C(=O)Nc1ccc(S(=O)(=O)NC2CCc3nn(N)nc3C2)c2ccccc12. The molecule has 1 heterocycles. The number of hydrogen-bond acceptors (Lipinski definition) is 6.